The Morgan fingerprint density at radius 2 is 2.00 bits per heavy atom. The first-order valence-corrected chi connectivity index (χ1v) is 9.43. The van der Waals surface area contributed by atoms with Crippen molar-refractivity contribution in [2.24, 2.45) is 0 Å². The van der Waals surface area contributed by atoms with Gasteiger partial charge in [0.15, 0.2) is 0 Å². The number of carbonyl (C=O) groups is 1. The van der Waals surface area contributed by atoms with E-state index in [2.05, 4.69) is 22.2 Å². The number of hydrogen-bond acceptors (Lipinski definition) is 4. The lowest BCUT2D eigenvalue weighted by Gasteiger charge is -2.07. The summed E-state index contributed by atoms with van der Waals surface area (Å²) in [5, 5.41) is 2.93. The van der Waals surface area contributed by atoms with E-state index >= 15 is 0 Å². The molecule has 1 aromatic carbocycles. The molecule has 0 atom stereocenters. The maximum absolute atomic E-state index is 12.5. The molecule has 2 N–H and O–H groups in total. The third kappa shape index (κ3) is 3.91. The number of H-pyrrole nitrogens is 1. The monoisotopic (exact) mass is 367 g/mol. The molecule has 0 aliphatic rings. The van der Waals surface area contributed by atoms with Gasteiger partial charge >= 0.3 is 0 Å². The van der Waals surface area contributed by atoms with Crippen molar-refractivity contribution in [1.29, 1.82) is 0 Å². The molecule has 0 saturated heterocycles. The van der Waals surface area contributed by atoms with Crippen molar-refractivity contribution in [1.82, 2.24) is 9.97 Å². The van der Waals surface area contributed by atoms with E-state index in [-0.39, 0.29) is 11.5 Å². The number of carbonyl (C=O) groups excluding carboxylic acids is 1. The number of aromatic nitrogens is 2. The lowest BCUT2D eigenvalue weighted by Crippen LogP contribution is -2.11. The molecule has 1 amide bonds. The fraction of sp³-hybridized carbons (Fsp3) is 0.250. The van der Waals surface area contributed by atoms with Gasteiger partial charge in [0.05, 0.1) is 4.88 Å². The Morgan fingerprint density at radius 3 is 2.69 bits per heavy atom. The second-order valence-electron chi connectivity index (χ2n) is 6.02. The van der Waals surface area contributed by atoms with Crippen LogP contribution >= 0.6 is 11.3 Å². The number of benzene rings is 1. The van der Waals surface area contributed by atoms with Crippen LogP contribution in [0.1, 0.15) is 39.7 Å². The van der Waals surface area contributed by atoms with Crippen molar-refractivity contribution in [3.63, 3.8) is 0 Å². The molecule has 3 rings (SSSR count). The number of thiophene rings is 1. The molecule has 134 valence electrons. The third-order valence-corrected chi connectivity index (χ3v) is 5.27. The van der Waals surface area contributed by atoms with Gasteiger partial charge < -0.3 is 10.3 Å². The van der Waals surface area contributed by atoms with Gasteiger partial charge in [-0.15, -0.1) is 11.3 Å². The van der Waals surface area contributed by atoms with E-state index in [4.69, 9.17) is 0 Å². The molecule has 0 unspecified atom stereocenters. The van der Waals surface area contributed by atoms with Crippen molar-refractivity contribution >= 4 is 22.9 Å². The van der Waals surface area contributed by atoms with Crippen LogP contribution in [0.5, 0.6) is 0 Å². The first kappa shape index (κ1) is 18.1. The zero-order chi connectivity index (χ0) is 18.7. The molecular formula is C20H21N3O2S. The summed E-state index contributed by atoms with van der Waals surface area (Å²) in [5.41, 5.74) is 3.18. The van der Waals surface area contributed by atoms with E-state index in [0.29, 0.717) is 22.8 Å². The zero-order valence-electron chi connectivity index (χ0n) is 15.1. The topological polar surface area (TPSA) is 74.8 Å². The van der Waals surface area contributed by atoms with E-state index in [1.54, 1.807) is 0 Å². The van der Waals surface area contributed by atoms with Crippen LogP contribution in [0.25, 0.3) is 11.4 Å². The van der Waals surface area contributed by atoms with Gasteiger partial charge in [-0.25, -0.2) is 4.98 Å². The highest BCUT2D eigenvalue weighted by Crippen LogP contribution is 2.24. The Morgan fingerprint density at radius 1 is 1.19 bits per heavy atom. The van der Waals surface area contributed by atoms with Crippen molar-refractivity contribution in [3.8, 4) is 11.4 Å². The Bertz CT molecular complexity index is 1000. The largest absolute Gasteiger partial charge is 0.321 e. The summed E-state index contributed by atoms with van der Waals surface area (Å²) in [6.45, 7) is 6.07. The number of nitrogens with one attached hydrogen (secondary N) is 2. The lowest BCUT2D eigenvalue weighted by molar-refractivity contribution is 0.103. The summed E-state index contributed by atoms with van der Waals surface area (Å²) in [4.78, 5) is 33.4. The molecule has 2 heterocycles. The van der Waals surface area contributed by atoms with Crippen LogP contribution in [0.2, 0.25) is 0 Å². The number of hydrogen-bond donors (Lipinski definition) is 2. The maximum Gasteiger partial charge on any atom is 0.265 e. The summed E-state index contributed by atoms with van der Waals surface area (Å²) >= 11 is 1.50. The van der Waals surface area contributed by atoms with Crippen LogP contribution < -0.4 is 10.9 Å². The summed E-state index contributed by atoms with van der Waals surface area (Å²) < 4.78 is 0. The highest BCUT2D eigenvalue weighted by Gasteiger charge is 2.12. The molecule has 0 spiro atoms. The van der Waals surface area contributed by atoms with Crippen molar-refractivity contribution in [2.75, 3.05) is 5.32 Å². The SMILES string of the molecule is CCc1cc(=O)[nH]c(-c2cccc(NC(=O)c3cc(CC)c(C)s3)c2)n1. The second kappa shape index (κ2) is 7.66. The molecule has 0 saturated carbocycles. The average molecular weight is 367 g/mol. The molecular weight excluding hydrogens is 346 g/mol. The Balaban J connectivity index is 1.86. The van der Waals surface area contributed by atoms with Gasteiger partial charge in [0, 0.05) is 27.9 Å². The fourth-order valence-corrected chi connectivity index (χ4v) is 3.75. The third-order valence-electron chi connectivity index (χ3n) is 4.18. The smallest absolute Gasteiger partial charge is 0.265 e. The quantitative estimate of drug-likeness (QED) is 0.710. The minimum Gasteiger partial charge on any atom is -0.321 e. The molecule has 0 radical (unpaired) electrons. The minimum atomic E-state index is -0.178. The van der Waals surface area contributed by atoms with Crippen LogP contribution in [0.3, 0.4) is 0 Å². The molecule has 0 fully saturated rings. The van der Waals surface area contributed by atoms with Crippen molar-refractivity contribution in [2.45, 2.75) is 33.6 Å². The van der Waals surface area contributed by atoms with Crippen LogP contribution in [-0.2, 0) is 12.8 Å². The summed E-state index contributed by atoms with van der Waals surface area (Å²) in [6, 6.07) is 10.8. The first-order chi connectivity index (χ1) is 12.5. The minimum absolute atomic E-state index is 0.126. The standard InChI is InChI=1S/C20H21N3O2S/c1-4-13-10-17(26-12(13)3)20(25)22-16-8-6-7-14(9-16)19-21-15(5-2)11-18(24)23-19/h6-11H,4-5H2,1-3H3,(H,22,25)(H,21,23,24). The molecule has 6 heteroatoms. The molecule has 0 bridgehead atoms. The van der Waals surface area contributed by atoms with Gasteiger partial charge in [-0.05, 0) is 43.5 Å². The van der Waals surface area contributed by atoms with Crippen molar-refractivity contribution in [3.05, 3.63) is 67.8 Å². The predicted molar refractivity (Wildman–Crippen MR) is 106 cm³/mol. The van der Waals surface area contributed by atoms with Gasteiger partial charge in [-0.3, -0.25) is 9.59 Å². The number of aryl methyl sites for hydroxylation is 3. The van der Waals surface area contributed by atoms with Crippen LogP contribution in [0, 0.1) is 6.92 Å². The highest BCUT2D eigenvalue weighted by molar-refractivity contribution is 7.14. The second-order valence-corrected chi connectivity index (χ2v) is 7.28. The van der Waals surface area contributed by atoms with Crippen LogP contribution in [0.4, 0.5) is 5.69 Å². The van der Waals surface area contributed by atoms with E-state index in [9.17, 15) is 9.59 Å². The van der Waals surface area contributed by atoms with Gasteiger partial charge in [0.2, 0.25) is 0 Å². The van der Waals surface area contributed by atoms with Gasteiger partial charge in [0.25, 0.3) is 11.5 Å². The molecule has 3 aromatic rings. The van der Waals surface area contributed by atoms with E-state index < -0.39 is 0 Å². The zero-order valence-corrected chi connectivity index (χ0v) is 15.9. The summed E-state index contributed by atoms with van der Waals surface area (Å²) in [5.74, 6) is 0.379. The summed E-state index contributed by atoms with van der Waals surface area (Å²) in [6.07, 6.45) is 1.60. The fourth-order valence-electron chi connectivity index (χ4n) is 2.75. The molecule has 2 aromatic heterocycles. The van der Waals surface area contributed by atoms with Crippen molar-refractivity contribution < 1.29 is 4.79 Å². The van der Waals surface area contributed by atoms with E-state index in [0.717, 1.165) is 17.7 Å². The highest BCUT2D eigenvalue weighted by atomic mass is 32.1. The van der Waals surface area contributed by atoms with Crippen LogP contribution in [-0.4, -0.2) is 15.9 Å². The predicted octanol–water partition coefficient (Wildman–Crippen LogP) is 4.18. The maximum atomic E-state index is 12.5. The van der Waals surface area contributed by atoms with E-state index in [1.807, 2.05) is 44.2 Å². The Labute approximate surface area is 156 Å². The molecule has 0 aliphatic heterocycles. The number of nitrogens with zero attached hydrogens (tertiary/aromatic N) is 1. The normalized spacial score (nSPS) is 10.7. The van der Waals surface area contributed by atoms with Gasteiger partial charge in [-0.2, -0.15) is 0 Å². The summed E-state index contributed by atoms with van der Waals surface area (Å²) in [7, 11) is 0. The van der Waals surface area contributed by atoms with Gasteiger partial charge in [-0.1, -0.05) is 26.0 Å². The van der Waals surface area contributed by atoms with Gasteiger partial charge in [0.1, 0.15) is 5.82 Å². The van der Waals surface area contributed by atoms with Crippen LogP contribution in [0.15, 0.2) is 41.2 Å². The number of aromatic amines is 1. The molecule has 26 heavy (non-hydrogen) atoms. The number of rotatable bonds is 5. The molecule has 0 aliphatic carbocycles. The van der Waals surface area contributed by atoms with E-state index in [1.165, 1.54) is 27.8 Å². The average Bonchev–Trinajstić information content (AvgIpc) is 3.02. The Hall–Kier alpha value is -2.73. The molecule has 5 nitrogen and oxygen atoms in total. The lowest BCUT2D eigenvalue weighted by atomic mass is 10.1. The Kier molecular flexibility index (Phi) is 5.32. The first-order valence-electron chi connectivity index (χ1n) is 8.61. The number of anilines is 1. The number of amides is 1.